The first-order valence-corrected chi connectivity index (χ1v) is 12.6. The van der Waals surface area contributed by atoms with Gasteiger partial charge in [0.05, 0.1) is 24.5 Å². The quantitative estimate of drug-likeness (QED) is 0.717. The summed E-state index contributed by atoms with van der Waals surface area (Å²) in [6.45, 7) is 0.468. The first-order chi connectivity index (χ1) is 15.5. The van der Waals surface area contributed by atoms with E-state index in [0.717, 1.165) is 25.7 Å². The predicted octanol–water partition coefficient (Wildman–Crippen LogP) is 3.39. The summed E-state index contributed by atoms with van der Waals surface area (Å²) in [4.78, 5) is 24.2. The fourth-order valence-corrected chi connectivity index (χ4v) is 6.57. The van der Waals surface area contributed by atoms with E-state index in [2.05, 4.69) is 10.3 Å². The smallest absolute Gasteiger partial charge is 0.328 e. The number of amides is 2. The van der Waals surface area contributed by atoms with Crippen molar-refractivity contribution in [2.24, 2.45) is 4.99 Å². The van der Waals surface area contributed by atoms with E-state index in [9.17, 15) is 13.6 Å². The summed E-state index contributed by atoms with van der Waals surface area (Å²) in [5.41, 5.74) is -0.225. The molecule has 1 N–H and O–H groups in total. The van der Waals surface area contributed by atoms with Crippen molar-refractivity contribution in [3.63, 3.8) is 0 Å². The number of amidine groups is 1. The van der Waals surface area contributed by atoms with Crippen LogP contribution in [0.3, 0.4) is 0 Å². The largest absolute Gasteiger partial charge is 0.593 e. The minimum atomic E-state index is -3.68. The first-order valence-electron chi connectivity index (χ1n) is 11.2. The van der Waals surface area contributed by atoms with E-state index in [1.807, 2.05) is 6.07 Å². The van der Waals surface area contributed by atoms with Crippen molar-refractivity contribution in [2.45, 2.75) is 55.0 Å². The highest BCUT2D eigenvalue weighted by atomic mass is 32.3. The number of hydrogen-bond acceptors (Lipinski definition) is 5. The monoisotopic (exact) mass is 453 g/mol. The maximum absolute atomic E-state index is 13.3. The second kappa shape index (κ2) is 8.38. The molecule has 1 aliphatic carbocycles. The maximum atomic E-state index is 13.3. The third-order valence-corrected chi connectivity index (χ3v) is 8.54. The molecule has 1 saturated carbocycles. The van der Waals surface area contributed by atoms with Crippen LogP contribution in [0.25, 0.3) is 0 Å². The van der Waals surface area contributed by atoms with Crippen LogP contribution >= 0.6 is 0 Å². The van der Waals surface area contributed by atoms with Crippen LogP contribution in [0.4, 0.5) is 10.5 Å². The van der Waals surface area contributed by atoms with Gasteiger partial charge in [0.2, 0.25) is 0 Å². The molecular weight excluding hydrogens is 426 g/mol. The van der Waals surface area contributed by atoms with Gasteiger partial charge >= 0.3 is 6.03 Å². The molecule has 2 atom stereocenters. The molecule has 32 heavy (non-hydrogen) atoms. The number of rotatable bonds is 4. The SMILES string of the molecule is O=C1NC(=NC2CCCCC2)C2(CCN([S+](=O)([O-])c3ccccc3)C2)N1c1cccnc1. The van der Waals surface area contributed by atoms with Gasteiger partial charge < -0.3 is 4.55 Å². The Morgan fingerprint density at radius 3 is 2.62 bits per heavy atom. The van der Waals surface area contributed by atoms with Crippen LogP contribution in [0.15, 0.2) is 64.7 Å². The Bertz CT molecular complexity index is 1060. The molecule has 0 bridgehead atoms. The van der Waals surface area contributed by atoms with Crippen molar-refractivity contribution in [3.05, 3.63) is 54.9 Å². The Morgan fingerprint density at radius 1 is 1.12 bits per heavy atom. The molecule has 0 radical (unpaired) electrons. The molecule has 3 heterocycles. The second-order valence-corrected chi connectivity index (χ2v) is 10.6. The van der Waals surface area contributed by atoms with Gasteiger partial charge in [0, 0.05) is 12.7 Å². The summed E-state index contributed by atoms with van der Waals surface area (Å²) < 4.78 is 28.2. The number of aromatic nitrogens is 1. The van der Waals surface area contributed by atoms with Crippen LogP contribution in [0.1, 0.15) is 38.5 Å². The van der Waals surface area contributed by atoms with Gasteiger partial charge in [-0.25, -0.2) is 4.79 Å². The molecular formula is C23H27N5O3S. The zero-order valence-corrected chi connectivity index (χ0v) is 18.7. The molecule has 8 nitrogen and oxygen atoms in total. The van der Waals surface area contributed by atoms with E-state index >= 15 is 0 Å². The number of carbonyl (C=O) groups excluding carboxylic acids is 1. The third kappa shape index (κ3) is 3.64. The Balaban J connectivity index is 1.54. The Hall–Kier alpha value is -2.62. The van der Waals surface area contributed by atoms with Crippen LogP contribution in [0.5, 0.6) is 0 Å². The van der Waals surface area contributed by atoms with E-state index in [4.69, 9.17) is 4.99 Å². The van der Waals surface area contributed by atoms with Gasteiger partial charge in [-0.05, 0) is 43.5 Å². The van der Waals surface area contributed by atoms with Gasteiger partial charge in [-0.2, -0.15) is 0 Å². The zero-order chi connectivity index (χ0) is 22.2. The minimum Gasteiger partial charge on any atom is -0.593 e. The number of benzene rings is 1. The van der Waals surface area contributed by atoms with Crippen LogP contribution in [-0.4, -0.2) is 50.4 Å². The number of carbonyl (C=O) groups is 1. The average Bonchev–Trinajstić information content (AvgIpc) is 3.38. The molecule has 3 aliphatic rings. The van der Waals surface area contributed by atoms with Crippen LogP contribution < -0.4 is 10.2 Å². The van der Waals surface area contributed by atoms with Crippen molar-refractivity contribution in [2.75, 3.05) is 18.0 Å². The number of pyridine rings is 1. The fourth-order valence-electron chi connectivity index (χ4n) is 5.05. The van der Waals surface area contributed by atoms with E-state index in [0.29, 0.717) is 24.5 Å². The lowest BCUT2D eigenvalue weighted by Crippen LogP contribution is -2.53. The highest BCUT2D eigenvalue weighted by molar-refractivity contribution is 7.95. The molecule has 1 aromatic carbocycles. The molecule has 1 aromatic heterocycles. The summed E-state index contributed by atoms with van der Waals surface area (Å²) >= 11 is 0. The number of nitrogens with one attached hydrogen (secondary N) is 1. The van der Waals surface area contributed by atoms with Gasteiger partial charge in [0.15, 0.2) is 15.3 Å². The van der Waals surface area contributed by atoms with Gasteiger partial charge in [0.25, 0.3) is 0 Å². The van der Waals surface area contributed by atoms with Gasteiger partial charge in [-0.3, -0.25) is 20.2 Å². The standard InChI is InChI=1S/C23H27N5O3S/c29-22-26-21(25-18-8-3-1-4-9-18)23(28(22)19-10-7-14-24-16-19)13-15-27(17-23)32(30,31)20-11-5-2-6-12-20/h2,5-7,10-12,14,16,18H,1,3-4,8-9,13,15,17H2,(H-,25,26,29,30,31). The lowest BCUT2D eigenvalue weighted by atomic mass is 9.93. The number of hydrogen-bond donors (Lipinski definition) is 1. The molecule has 1 spiro atoms. The Morgan fingerprint density at radius 2 is 1.91 bits per heavy atom. The Kier molecular flexibility index (Phi) is 5.56. The molecule has 2 aliphatic heterocycles. The highest BCUT2D eigenvalue weighted by Gasteiger charge is 2.59. The summed E-state index contributed by atoms with van der Waals surface area (Å²) in [5, 5.41) is 2.98. The van der Waals surface area contributed by atoms with Crippen LogP contribution in [0.2, 0.25) is 0 Å². The van der Waals surface area contributed by atoms with Crippen molar-refractivity contribution in [1.29, 1.82) is 0 Å². The van der Waals surface area contributed by atoms with Crippen LogP contribution in [0, 0.1) is 0 Å². The molecule has 3 fully saturated rings. The minimum absolute atomic E-state index is 0.156. The number of aliphatic imine (C=N–C) groups is 1. The number of sulfonamides is 1. The van der Waals surface area contributed by atoms with Gasteiger partial charge in [-0.1, -0.05) is 41.7 Å². The van der Waals surface area contributed by atoms with E-state index in [1.165, 1.54) is 10.7 Å². The van der Waals surface area contributed by atoms with Crippen molar-refractivity contribution >= 4 is 28.0 Å². The molecule has 2 amide bonds. The molecule has 2 saturated heterocycles. The number of nitrogens with zero attached hydrogens (tertiary/aromatic N) is 4. The maximum Gasteiger partial charge on any atom is 0.328 e. The second-order valence-electron chi connectivity index (χ2n) is 8.68. The zero-order valence-electron chi connectivity index (χ0n) is 17.9. The highest BCUT2D eigenvalue weighted by Crippen LogP contribution is 2.40. The lowest BCUT2D eigenvalue weighted by molar-refractivity contribution is 0.251. The molecule has 168 valence electrons. The number of anilines is 1. The van der Waals surface area contributed by atoms with Crippen molar-refractivity contribution < 1.29 is 13.6 Å². The topological polar surface area (TPSA) is 101 Å². The van der Waals surface area contributed by atoms with Crippen LogP contribution in [-0.2, 0) is 14.6 Å². The van der Waals surface area contributed by atoms with Gasteiger partial charge in [0.1, 0.15) is 11.4 Å². The first kappa shape index (κ1) is 21.2. The molecule has 5 rings (SSSR count). The fraction of sp³-hybridized carbons (Fsp3) is 0.435. The van der Waals surface area contributed by atoms with Gasteiger partial charge in [-0.15, -0.1) is 4.31 Å². The van der Waals surface area contributed by atoms with E-state index < -0.39 is 15.9 Å². The molecule has 2 unspecified atom stereocenters. The summed E-state index contributed by atoms with van der Waals surface area (Å²) in [7, 11) is -3.68. The lowest BCUT2D eigenvalue weighted by Gasteiger charge is -2.34. The van der Waals surface area contributed by atoms with E-state index in [-0.39, 0.29) is 23.5 Å². The number of urea groups is 1. The van der Waals surface area contributed by atoms with Crippen molar-refractivity contribution in [3.8, 4) is 0 Å². The Labute approximate surface area is 189 Å². The molecule has 9 heteroatoms. The van der Waals surface area contributed by atoms with Crippen molar-refractivity contribution in [1.82, 2.24) is 14.6 Å². The van der Waals surface area contributed by atoms with E-state index in [1.54, 1.807) is 53.7 Å². The third-order valence-electron chi connectivity index (χ3n) is 6.68. The average molecular weight is 454 g/mol. The summed E-state index contributed by atoms with van der Waals surface area (Å²) in [5.74, 6) is 0.587. The summed E-state index contributed by atoms with van der Waals surface area (Å²) in [6.07, 6.45) is 9.22. The summed E-state index contributed by atoms with van der Waals surface area (Å²) in [6, 6.07) is 11.9. The predicted molar refractivity (Wildman–Crippen MR) is 122 cm³/mol. The molecule has 2 aromatic rings. The normalized spacial score (nSPS) is 27.7.